The van der Waals surface area contributed by atoms with Gasteiger partial charge in [-0.1, -0.05) is 18.2 Å². The van der Waals surface area contributed by atoms with Gasteiger partial charge in [-0.25, -0.2) is 0 Å². The Morgan fingerprint density at radius 1 is 1.25 bits per heavy atom. The number of aryl methyl sites for hydroxylation is 3. The number of amides is 1. The second-order valence-electron chi connectivity index (χ2n) is 6.42. The number of hydrogen-bond donors (Lipinski definition) is 1. The van der Waals surface area contributed by atoms with Crippen molar-refractivity contribution in [1.82, 2.24) is 15.1 Å². The minimum absolute atomic E-state index is 0.00455. The highest BCUT2D eigenvalue weighted by atomic mass is 16.5. The summed E-state index contributed by atoms with van der Waals surface area (Å²) in [5.74, 6) is 0.611. The van der Waals surface area contributed by atoms with E-state index in [1.807, 2.05) is 70.6 Å². The lowest BCUT2D eigenvalue weighted by atomic mass is 9.98. The van der Waals surface area contributed by atoms with E-state index in [0.717, 1.165) is 28.3 Å². The summed E-state index contributed by atoms with van der Waals surface area (Å²) in [6.07, 6.45) is 0. The summed E-state index contributed by atoms with van der Waals surface area (Å²) < 4.78 is 7.62. The maximum Gasteiger partial charge on any atom is 0.227 e. The standard InChI is InChI=1S/C19H27N3O2/c1-12-9-7-8-10-17(12)24-11-13(2)20-19(23)14(3)18-15(4)21-22(6)16(18)5/h7-10,13-14H,11H2,1-6H3,(H,20,23)/t13-,14+/m1/s1. The van der Waals surface area contributed by atoms with Gasteiger partial charge in [0.1, 0.15) is 12.4 Å². The quantitative estimate of drug-likeness (QED) is 0.886. The Labute approximate surface area is 144 Å². The molecule has 2 atom stereocenters. The van der Waals surface area contributed by atoms with Gasteiger partial charge in [-0.05, 0) is 46.2 Å². The van der Waals surface area contributed by atoms with Gasteiger partial charge in [0.25, 0.3) is 0 Å². The third-order valence-electron chi connectivity index (χ3n) is 4.36. The highest BCUT2D eigenvalue weighted by Crippen LogP contribution is 2.23. The number of rotatable bonds is 6. The predicted molar refractivity (Wildman–Crippen MR) is 95.4 cm³/mol. The first-order valence-corrected chi connectivity index (χ1v) is 8.30. The molecule has 2 rings (SSSR count). The summed E-state index contributed by atoms with van der Waals surface area (Å²) in [7, 11) is 1.90. The lowest BCUT2D eigenvalue weighted by Gasteiger charge is -2.19. The Morgan fingerprint density at radius 2 is 1.92 bits per heavy atom. The summed E-state index contributed by atoms with van der Waals surface area (Å²) in [6, 6.07) is 7.80. The molecule has 0 unspecified atom stereocenters. The van der Waals surface area contributed by atoms with Crippen molar-refractivity contribution in [2.45, 2.75) is 46.6 Å². The third-order valence-corrected chi connectivity index (χ3v) is 4.36. The van der Waals surface area contributed by atoms with Crippen LogP contribution in [-0.4, -0.2) is 28.3 Å². The molecule has 5 nitrogen and oxygen atoms in total. The maximum atomic E-state index is 12.5. The van der Waals surface area contributed by atoms with Crippen LogP contribution in [0.5, 0.6) is 5.75 Å². The molecule has 0 bridgehead atoms. The fourth-order valence-electron chi connectivity index (χ4n) is 2.89. The van der Waals surface area contributed by atoms with Crippen LogP contribution >= 0.6 is 0 Å². The Bertz CT molecular complexity index is 721. The molecule has 2 aromatic rings. The molecule has 1 N–H and O–H groups in total. The second-order valence-corrected chi connectivity index (χ2v) is 6.42. The molecule has 1 heterocycles. The molecule has 130 valence electrons. The van der Waals surface area contributed by atoms with E-state index >= 15 is 0 Å². The van der Waals surface area contributed by atoms with E-state index in [-0.39, 0.29) is 17.9 Å². The van der Waals surface area contributed by atoms with Gasteiger partial charge < -0.3 is 10.1 Å². The number of nitrogens with zero attached hydrogens (tertiary/aromatic N) is 2. The minimum atomic E-state index is -0.236. The van der Waals surface area contributed by atoms with E-state index in [2.05, 4.69) is 10.4 Å². The Kier molecular flexibility index (Phi) is 5.65. The highest BCUT2D eigenvalue weighted by Gasteiger charge is 2.23. The average Bonchev–Trinajstić information content (AvgIpc) is 2.78. The number of ether oxygens (including phenoxy) is 1. The van der Waals surface area contributed by atoms with E-state index in [1.165, 1.54) is 0 Å². The fourth-order valence-corrected chi connectivity index (χ4v) is 2.89. The first-order valence-electron chi connectivity index (χ1n) is 8.30. The smallest absolute Gasteiger partial charge is 0.227 e. The SMILES string of the molecule is Cc1ccccc1OC[C@@H](C)NC(=O)[C@@H](C)c1c(C)nn(C)c1C. The van der Waals surface area contributed by atoms with E-state index < -0.39 is 0 Å². The molecular formula is C19H27N3O2. The lowest BCUT2D eigenvalue weighted by Crippen LogP contribution is -2.39. The molecule has 24 heavy (non-hydrogen) atoms. The highest BCUT2D eigenvalue weighted by molar-refractivity contribution is 5.84. The number of carbonyl (C=O) groups is 1. The van der Waals surface area contributed by atoms with Crippen LogP contribution in [0.15, 0.2) is 24.3 Å². The molecule has 0 aliphatic carbocycles. The maximum absolute atomic E-state index is 12.5. The summed E-state index contributed by atoms with van der Waals surface area (Å²) in [5.41, 5.74) is 4.02. The molecule has 1 amide bonds. The summed E-state index contributed by atoms with van der Waals surface area (Å²) in [5, 5.41) is 7.42. The van der Waals surface area contributed by atoms with Gasteiger partial charge in [-0.2, -0.15) is 5.10 Å². The number of para-hydroxylation sites is 1. The molecule has 5 heteroatoms. The zero-order chi connectivity index (χ0) is 17.9. The first-order chi connectivity index (χ1) is 11.3. The van der Waals surface area contributed by atoms with Gasteiger partial charge in [-0.15, -0.1) is 0 Å². The van der Waals surface area contributed by atoms with Gasteiger partial charge in [0, 0.05) is 18.3 Å². The van der Waals surface area contributed by atoms with Crippen molar-refractivity contribution in [2.75, 3.05) is 6.61 Å². The number of carbonyl (C=O) groups excluding carboxylic acids is 1. The summed E-state index contributed by atoms with van der Waals surface area (Å²) in [6.45, 7) is 10.2. The molecule has 0 spiro atoms. The van der Waals surface area contributed by atoms with Gasteiger partial charge >= 0.3 is 0 Å². The number of aromatic nitrogens is 2. The van der Waals surface area contributed by atoms with Gasteiger partial charge in [0.05, 0.1) is 17.7 Å². The molecule has 0 saturated carbocycles. The summed E-state index contributed by atoms with van der Waals surface area (Å²) >= 11 is 0. The van der Waals surface area contributed by atoms with Crippen molar-refractivity contribution >= 4 is 5.91 Å². The van der Waals surface area contributed by atoms with Crippen LogP contribution < -0.4 is 10.1 Å². The zero-order valence-corrected chi connectivity index (χ0v) is 15.4. The number of nitrogens with one attached hydrogen (secondary N) is 1. The van der Waals surface area contributed by atoms with E-state index in [4.69, 9.17) is 4.74 Å². The van der Waals surface area contributed by atoms with E-state index in [1.54, 1.807) is 0 Å². The van der Waals surface area contributed by atoms with Crippen LogP contribution in [0.2, 0.25) is 0 Å². The number of benzene rings is 1. The van der Waals surface area contributed by atoms with Crippen molar-refractivity contribution in [3.63, 3.8) is 0 Å². The van der Waals surface area contributed by atoms with Crippen molar-refractivity contribution in [3.8, 4) is 5.75 Å². The van der Waals surface area contributed by atoms with Crippen LogP contribution in [0.4, 0.5) is 0 Å². The topological polar surface area (TPSA) is 56.1 Å². The zero-order valence-electron chi connectivity index (χ0n) is 15.4. The largest absolute Gasteiger partial charge is 0.491 e. The number of hydrogen-bond acceptors (Lipinski definition) is 3. The molecule has 1 aromatic heterocycles. The van der Waals surface area contributed by atoms with Crippen LogP contribution in [0.25, 0.3) is 0 Å². The Hall–Kier alpha value is -2.30. The van der Waals surface area contributed by atoms with Gasteiger partial charge in [0.2, 0.25) is 5.91 Å². The van der Waals surface area contributed by atoms with Crippen LogP contribution in [0.3, 0.4) is 0 Å². The predicted octanol–water partition coefficient (Wildman–Crippen LogP) is 3.03. The molecule has 0 radical (unpaired) electrons. The third kappa shape index (κ3) is 3.96. The van der Waals surface area contributed by atoms with Crippen LogP contribution in [0, 0.1) is 20.8 Å². The monoisotopic (exact) mass is 329 g/mol. The van der Waals surface area contributed by atoms with E-state index in [9.17, 15) is 4.79 Å². The van der Waals surface area contributed by atoms with Crippen molar-refractivity contribution in [1.29, 1.82) is 0 Å². The molecule has 0 saturated heterocycles. The Morgan fingerprint density at radius 3 is 2.50 bits per heavy atom. The van der Waals surface area contributed by atoms with Gasteiger partial charge in [-0.3, -0.25) is 9.48 Å². The first kappa shape index (κ1) is 18.0. The fraction of sp³-hybridized carbons (Fsp3) is 0.474. The molecule has 0 fully saturated rings. The molecule has 1 aromatic carbocycles. The minimum Gasteiger partial charge on any atom is -0.491 e. The van der Waals surface area contributed by atoms with Crippen molar-refractivity contribution < 1.29 is 9.53 Å². The van der Waals surface area contributed by atoms with E-state index in [0.29, 0.717) is 6.61 Å². The van der Waals surface area contributed by atoms with Crippen LogP contribution in [0.1, 0.15) is 42.3 Å². The molecule has 0 aliphatic rings. The van der Waals surface area contributed by atoms with Crippen molar-refractivity contribution in [3.05, 3.63) is 46.8 Å². The molecule has 0 aliphatic heterocycles. The van der Waals surface area contributed by atoms with Crippen molar-refractivity contribution in [2.24, 2.45) is 7.05 Å². The Balaban J connectivity index is 1.95. The second kappa shape index (κ2) is 7.51. The normalized spacial score (nSPS) is 13.4. The summed E-state index contributed by atoms with van der Waals surface area (Å²) in [4.78, 5) is 12.5. The van der Waals surface area contributed by atoms with Crippen LogP contribution in [-0.2, 0) is 11.8 Å². The lowest BCUT2D eigenvalue weighted by molar-refractivity contribution is -0.123. The average molecular weight is 329 g/mol. The van der Waals surface area contributed by atoms with Gasteiger partial charge in [0.15, 0.2) is 0 Å². The molecular weight excluding hydrogens is 302 g/mol.